The number of carbonyl (C=O) groups excluding carboxylic acids is 2. The van der Waals surface area contributed by atoms with E-state index in [1.807, 2.05) is 13.8 Å². The molecule has 0 radical (unpaired) electrons. The molecule has 0 bridgehead atoms. The Morgan fingerprint density at radius 2 is 1.86 bits per heavy atom. The lowest BCUT2D eigenvalue weighted by atomic mass is 10.0. The SMILES string of the molecule is CCSCCOC(=O)/C=C/C(C)(C)NC(=O)[C@H](CC)Oc1cc(Cl)cc(Cl)c1. The number of ether oxygens (including phenoxy) is 2. The van der Waals surface area contributed by atoms with Gasteiger partial charge in [0, 0.05) is 21.9 Å². The molecule has 0 aliphatic rings. The Labute approximate surface area is 181 Å². The molecule has 0 saturated heterocycles. The number of carbonyl (C=O) groups is 2. The van der Waals surface area contributed by atoms with Crippen molar-refractivity contribution < 1.29 is 19.1 Å². The molecule has 1 rings (SSSR count). The van der Waals surface area contributed by atoms with Gasteiger partial charge in [-0.1, -0.05) is 43.1 Å². The Morgan fingerprint density at radius 3 is 2.43 bits per heavy atom. The molecule has 156 valence electrons. The minimum absolute atomic E-state index is 0.305. The molecule has 8 heteroatoms. The van der Waals surface area contributed by atoms with Crippen LogP contribution < -0.4 is 10.1 Å². The molecule has 1 aromatic carbocycles. The lowest BCUT2D eigenvalue weighted by Gasteiger charge is -2.26. The Balaban J connectivity index is 2.63. The Kier molecular flexibility index (Phi) is 10.8. The zero-order chi connectivity index (χ0) is 21.2. The first kappa shape index (κ1) is 24.7. The maximum Gasteiger partial charge on any atom is 0.330 e. The zero-order valence-corrected chi connectivity index (χ0v) is 18.9. The average molecular weight is 448 g/mol. The first-order chi connectivity index (χ1) is 13.2. The van der Waals surface area contributed by atoms with E-state index in [1.54, 1.807) is 49.9 Å². The quantitative estimate of drug-likeness (QED) is 0.296. The Hall–Kier alpha value is -1.37. The van der Waals surface area contributed by atoms with Crippen molar-refractivity contribution in [2.75, 3.05) is 18.1 Å². The van der Waals surface area contributed by atoms with Crippen molar-refractivity contribution in [1.82, 2.24) is 5.32 Å². The first-order valence-corrected chi connectivity index (χ1v) is 11.0. The van der Waals surface area contributed by atoms with E-state index in [0.717, 1.165) is 11.5 Å². The number of esters is 1. The topological polar surface area (TPSA) is 64.6 Å². The molecule has 1 amide bonds. The van der Waals surface area contributed by atoms with Gasteiger partial charge in [0.25, 0.3) is 5.91 Å². The summed E-state index contributed by atoms with van der Waals surface area (Å²) < 4.78 is 10.8. The van der Waals surface area contributed by atoms with Gasteiger partial charge in [0.2, 0.25) is 0 Å². The lowest BCUT2D eigenvalue weighted by Crippen LogP contribution is -2.48. The number of rotatable bonds is 11. The van der Waals surface area contributed by atoms with Crippen LogP contribution in [0.3, 0.4) is 0 Å². The average Bonchev–Trinajstić information content (AvgIpc) is 2.60. The summed E-state index contributed by atoms with van der Waals surface area (Å²) in [5.74, 6) is 1.42. The second-order valence-electron chi connectivity index (χ2n) is 6.53. The van der Waals surface area contributed by atoms with E-state index >= 15 is 0 Å². The van der Waals surface area contributed by atoms with Gasteiger partial charge >= 0.3 is 5.97 Å². The second kappa shape index (κ2) is 12.2. The number of nitrogens with one attached hydrogen (secondary N) is 1. The molecular weight excluding hydrogens is 421 g/mol. The highest BCUT2D eigenvalue weighted by atomic mass is 35.5. The smallest absolute Gasteiger partial charge is 0.330 e. The Bertz CT molecular complexity index is 675. The van der Waals surface area contributed by atoms with Crippen molar-refractivity contribution in [2.24, 2.45) is 0 Å². The molecule has 0 fully saturated rings. The summed E-state index contributed by atoms with van der Waals surface area (Å²) in [5, 5.41) is 3.72. The first-order valence-electron chi connectivity index (χ1n) is 9.05. The number of thioether (sulfide) groups is 1. The third kappa shape index (κ3) is 9.71. The predicted molar refractivity (Wildman–Crippen MR) is 116 cm³/mol. The predicted octanol–water partition coefficient (Wildman–Crippen LogP) is 4.90. The second-order valence-corrected chi connectivity index (χ2v) is 8.80. The minimum atomic E-state index is -0.753. The molecule has 0 aliphatic carbocycles. The highest BCUT2D eigenvalue weighted by Gasteiger charge is 2.25. The molecular formula is C20H27Cl2NO4S. The molecule has 0 saturated carbocycles. The molecule has 0 spiro atoms. The number of amides is 1. The van der Waals surface area contributed by atoms with Crippen molar-refractivity contribution in [2.45, 2.75) is 45.8 Å². The highest BCUT2D eigenvalue weighted by molar-refractivity contribution is 7.99. The number of hydrogen-bond donors (Lipinski definition) is 1. The van der Waals surface area contributed by atoms with Gasteiger partial charge in [-0.2, -0.15) is 11.8 Å². The van der Waals surface area contributed by atoms with Gasteiger partial charge < -0.3 is 14.8 Å². The molecule has 1 aromatic rings. The summed E-state index contributed by atoms with van der Waals surface area (Å²) in [6.45, 7) is 7.81. The van der Waals surface area contributed by atoms with Crippen LogP contribution in [0.25, 0.3) is 0 Å². The van der Waals surface area contributed by atoms with Crippen molar-refractivity contribution in [3.8, 4) is 5.75 Å². The van der Waals surface area contributed by atoms with E-state index in [-0.39, 0.29) is 5.91 Å². The van der Waals surface area contributed by atoms with E-state index in [0.29, 0.717) is 28.8 Å². The fraction of sp³-hybridized carbons (Fsp3) is 0.500. The Morgan fingerprint density at radius 1 is 1.21 bits per heavy atom. The summed E-state index contributed by atoms with van der Waals surface area (Å²) in [6.07, 6.45) is 2.66. The molecule has 28 heavy (non-hydrogen) atoms. The molecule has 1 atom stereocenters. The monoisotopic (exact) mass is 447 g/mol. The van der Waals surface area contributed by atoms with Crippen LogP contribution in [0.5, 0.6) is 5.75 Å². The van der Waals surface area contributed by atoms with Crippen LogP contribution in [0, 0.1) is 0 Å². The summed E-state index contributed by atoms with van der Waals surface area (Å²) in [4.78, 5) is 24.4. The number of benzene rings is 1. The van der Waals surface area contributed by atoms with Crippen LogP contribution in [0.2, 0.25) is 10.0 Å². The molecule has 0 heterocycles. The van der Waals surface area contributed by atoms with E-state index in [2.05, 4.69) is 5.32 Å². The summed E-state index contributed by atoms with van der Waals surface area (Å²) >= 11 is 13.6. The van der Waals surface area contributed by atoms with Crippen LogP contribution in [0.1, 0.15) is 34.1 Å². The molecule has 1 N–H and O–H groups in total. The number of hydrogen-bond acceptors (Lipinski definition) is 5. The fourth-order valence-electron chi connectivity index (χ4n) is 2.19. The van der Waals surface area contributed by atoms with Crippen LogP contribution in [-0.2, 0) is 14.3 Å². The summed E-state index contributed by atoms with van der Waals surface area (Å²) in [7, 11) is 0. The van der Waals surface area contributed by atoms with Gasteiger partial charge in [0.15, 0.2) is 6.10 Å². The van der Waals surface area contributed by atoms with Gasteiger partial charge in [-0.25, -0.2) is 4.79 Å². The lowest BCUT2D eigenvalue weighted by molar-refractivity contribution is -0.137. The molecule has 0 unspecified atom stereocenters. The van der Waals surface area contributed by atoms with Gasteiger partial charge in [-0.15, -0.1) is 0 Å². The van der Waals surface area contributed by atoms with Crippen molar-refractivity contribution >= 4 is 46.8 Å². The van der Waals surface area contributed by atoms with Gasteiger partial charge in [-0.05, 0) is 44.2 Å². The van der Waals surface area contributed by atoms with Crippen molar-refractivity contribution in [3.05, 3.63) is 40.4 Å². The number of halogens is 2. The zero-order valence-electron chi connectivity index (χ0n) is 16.6. The van der Waals surface area contributed by atoms with Crippen molar-refractivity contribution in [1.29, 1.82) is 0 Å². The van der Waals surface area contributed by atoms with Crippen LogP contribution in [-0.4, -0.2) is 41.6 Å². The largest absolute Gasteiger partial charge is 0.481 e. The molecule has 5 nitrogen and oxygen atoms in total. The summed E-state index contributed by atoms with van der Waals surface area (Å²) in [6, 6.07) is 4.79. The maximum atomic E-state index is 12.6. The van der Waals surface area contributed by atoms with Gasteiger partial charge in [-0.3, -0.25) is 4.79 Å². The van der Waals surface area contributed by atoms with Gasteiger partial charge in [0.05, 0.1) is 5.54 Å². The van der Waals surface area contributed by atoms with Crippen LogP contribution >= 0.6 is 35.0 Å². The molecule has 0 aromatic heterocycles. The maximum absolute atomic E-state index is 12.6. The third-order valence-electron chi connectivity index (χ3n) is 3.54. The fourth-order valence-corrected chi connectivity index (χ4v) is 3.19. The van der Waals surface area contributed by atoms with E-state index < -0.39 is 17.6 Å². The normalized spacial score (nSPS) is 12.6. The van der Waals surface area contributed by atoms with E-state index in [1.165, 1.54) is 6.08 Å². The third-order valence-corrected chi connectivity index (χ3v) is 4.84. The van der Waals surface area contributed by atoms with Crippen LogP contribution in [0.4, 0.5) is 0 Å². The van der Waals surface area contributed by atoms with Crippen molar-refractivity contribution in [3.63, 3.8) is 0 Å². The highest BCUT2D eigenvalue weighted by Crippen LogP contribution is 2.25. The molecule has 0 aliphatic heterocycles. The van der Waals surface area contributed by atoms with E-state index in [4.69, 9.17) is 32.7 Å². The minimum Gasteiger partial charge on any atom is -0.481 e. The van der Waals surface area contributed by atoms with Crippen LogP contribution in [0.15, 0.2) is 30.4 Å². The van der Waals surface area contributed by atoms with Gasteiger partial charge in [0.1, 0.15) is 12.4 Å². The van der Waals surface area contributed by atoms with E-state index in [9.17, 15) is 9.59 Å². The summed E-state index contributed by atoms with van der Waals surface area (Å²) in [5.41, 5.74) is -0.753. The standard InChI is InChI=1S/C20H27Cl2NO4S/c1-5-17(27-16-12-14(21)11-15(22)13-16)19(25)23-20(3,4)8-7-18(24)26-9-10-28-6-2/h7-8,11-13,17H,5-6,9-10H2,1-4H3,(H,23,25)/b8-7+/t17-/m0/s1.